The van der Waals surface area contributed by atoms with Gasteiger partial charge in [-0.1, -0.05) is 25.8 Å². The number of ether oxygens (including phenoxy) is 4. The zero-order chi connectivity index (χ0) is 19.7. The Balaban J connectivity index is 1.84. The molecular weight excluding hydrogens is 366 g/mol. The minimum absolute atomic E-state index is 0.0209. The lowest BCUT2D eigenvalue weighted by Gasteiger charge is -2.09. The average molecular weight is 400 g/mol. The number of rotatable bonds is 17. The smallest absolute Gasteiger partial charge is 0.160 e. The first-order valence-corrected chi connectivity index (χ1v) is 10.6. The lowest BCUT2D eigenvalue weighted by Crippen LogP contribution is -2.17. The Morgan fingerprint density at radius 2 is 1.52 bits per heavy atom. The molecule has 0 bridgehead atoms. The van der Waals surface area contributed by atoms with Crippen molar-refractivity contribution in [2.45, 2.75) is 26.7 Å². The van der Waals surface area contributed by atoms with Crippen LogP contribution in [0.2, 0.25) is 0 Å². The van der Waals surface area contributed by atoms with Crippen LogP contribution in [0.1, 0.15) is 26.7 Å². The maximum Gasteiger partial charge on any atom is 0.160 e. The van der Waals surface area contributed by atoms with Crippen LogP contribution in [0.3, 0.4) is 0 Å². The normalized spacial score (nSPS) is 11.0. The molecule has 7 heteroatoms. The molecule has 6 nitrogen and oxygen atoms in total. The molecule has 0 aromatic heterocycles. The maximum atomic E-state index is 11.3. The molecule has 1 aromatic carbocycles. The number of hydrogen-bond donors (Lipinski definition) is 1. The van der Waals surface area contributed by atoms with Gasteiger partial charge in [0, 0.05) is 24.5 Å². The van der Waals surface area contributed by atoms with E-state index >= 15 is 0 Å². The van der Waals surface area contributed by atoms with Gasteiger partial charge in [-0.05, 0) is 37.1 Å². The molecule has 1 rings (SSSR count). The fraction of sp³-hybridized carbons (Fsp3) is 0.650. The summed E-state index contributed by atoms with van der Waals surface area (Å²) in [7, 11) is 0. The van der Waals surface area contributed by atoms with E-state index in [1.165, 1.54) is 0 Å². The third kappa shape index (κ3) is 12.7. The van der Waals surface area contributed by atoms with Gasteiger partial charge in [0.2, 0.25) is 0 Å². The predicted octanol–water partition coefficient (Wildman–Crippen LogP) is 3.81. The molecule has 0 radical (unpaired) electrons. The van der Waals surface area contributed by atoms with Gasteiger partial charge in [0.25, 0.3) is 0 Å². The van der Waals surface area contributed by atoms with Gasteiger partial charge < -0.3 is 23.7 Å². The van der Waals surface area contributed by atoms with Crippen LogP contribution in [-0.2, 0) is 19.0 Å². The van der Waals surface area contributed by atoms with E-state index in [1.807, 2.05) is 44.4 Å². The number of nitrogens with one attached hydrogen (secondary N) is 1. The van der Waals surface area contributed by atoms with Crippen LogP contribution in [0.4, 0.5) is 5.69 Å². The highest BCUT2D eigenvalue weighted by molar-refractivity contribution is 7.99. The van der Waals surface area contributed by atoms with Crippen LogP contribution < -0.4 is 9.46 Å². The summed E-state index contributed by atoms with van der Waals surface area (Å²) in [5.74, 6) is 1.02. The summed E-state index contributed by atoms with van der Waals surface area (Å²) < 4.78 is 25.0. The van der Waals surface area contributed by atoms with Crippen LogP contribution in [0.5, 0.6) is 5.75 Å². The Kier molecular flexibility index (Phi) is 13.9. The van der Waals surface area contributed by atoms with Gasteiger partial charge in [-0.15, -0.1) is 0 Å². The number of carbonyl (C=O) groups is 1. The average Bonchev–Trinajstić information content (AvgIpc) is 2.66. The van der Waals surface area contributed by atoms with Crippen LogP contribution in [0.25, 0.3) is 0 Å². The second-order valence-corrected chi connectivity index (χ2v) is 6.90. The highest BCUT2D eigenvalue weighted by Crippen LogP contribution is 2.17. The van der Waals surface area contributed by atoms with E-state index in [9.17, 15) is 4.79 Å². The molecular formula is C20H33NO5S. The van der Waals surface area contributed by atoms with Gasteiger partial charge >= 0.3 is 0 Å². The summed E-state index contributed by atoms with van der Waals surface area (Å²) in [5.41, 5.74) is 1.07. The standard InChI is InChI=1S/C20H33NO5S/c1-17(2)20(22)16-25-15-14-24-13-12-23-10-4-5-11-26-19-8-6-18(7-9-19)21-27-3/h6-9,17,21H,4-5,10-16H2,1-3H3. The van der Waals surface area contributed by atoms with Crippen molar-refractivity contribution in [3.05, 3.63) is 24.3 Å². The molecule has 27 heavy (non-hydrogen) atoms. The number of benzene rings is 1. The van der Waals surface area contributed by atoms with Crippen molar-refractivity contribution in [1.29, 1.82) is 0 Å². The van der Waals surface area contributed by atoms with Crippen molar-refractivity contribution < 1.29 is 23.7 Å². The van der Waals surface area contributed by atoms with Crippen molar-refractivity contribution in [2.75, 3.05) is 57.2 Å². The highest BCUT2D eigenvalue weighted by atomic mass is 32.2. The van der Waals surface area contributed by atoms with E-state index in [4.69, 9.17) is 18.9 Å². The number of hydrogen-bond acceptors (Lipinski definition) is 7. The number of Topliss-reactive ketones (excluding diaryl/α,β-unsaturated/α-hetero) is 1. The SMILES string of the molecule is CSNc1ccc(OCCCCOCCOCCOCC(=O)C(C)C)cc1. The molecule has 0 aliphatic rings. The Labute approximate surface area is 167 Å². The molecule has 0 saturated carbocycles. The van der Waals surface area contributed by atoms with Gasteiger partial charge in [-0.2, -0.15) is 0 Å². The summed E-state index contributed by atoms with van der Waals surface area (Å²) in [6.45, 7) is 7.30. The van der Waals surface area contributed by atoms with Crippen molar-refractivity contribution >= 4 is 23.4 Å². The first kappa shape index (κ1) is 23.8. The molecule has 0 amide bonds. The van der Waals surface area contributed by atoms with Crippen LogP contribution in [0.15, 0.2) is 24.3 Å². The van der Waals surface area contributed by atoms with Crippen molar-refractivity contribution in [3.63, 3.8) is 0 Å². The number of carbonyl (C=O) groups excluding carboxylic acids is 1. The van der Waals surface area contributed by atoms with E-state index in [0.29, 0.717) is 39.6 Å². The summed E-state index contributed by atoms with van der Waals surface area (Å²) in [6.07, 6.45) is 3.89. The van der Waals surface area contributed by atoms with E-state index in [1.54, 1.807) is 11.9 Å². The molecule has 0 atom stereocenters. The third-order valence-electron chi connectivity index (χ3n) is 3.66. The molecule has 0 aliphatic heterocycles. The maximum absolute atomic E-state index is 11.3. The fourth-order valence-corrected chi connectivity index (χ4v) is 2.38. The van der Waals surface area contributed by atoms with Crippen molar-refractivity contribution in [2.24, 2.45) is 5.92 Å². The van der Waals surface area contributed by atoms with Gasteiger partial charge in [-0.25, -0.2) is 0 Å². The zero-order valence-corrected chi connectivity index (χ0v) is 17.5. The van der Waals surface area contributed by atoms with Gasteiger partial charge in [-0.3, -0.25) is 4.79 Å². The number of ketones is 1. The van der Waals surface area contributed by atoms with Gasteiger partial charge in [0.05, 0.1) is 33.0 Å². The zero-order valence-electron chi connectivity index (χ0n) is 16.7. The number of unbranched alkanes of at least 4 members (excludes halogenated alkanes) is 1. The van der Waals surface area contributed by atoms with E-state index < -0.39 is 0 Å². The van der Waals surface area contributed by atoms with E-state index in [-0.39, 0.29) is 18.3 Å². The monoisotopic (exact) mass is 399 g/mol. The Bertz CT molecular complexity index is 496. The molecule has 0 saturated heterocycles. The third-order valence-corrected chi connectivity index (χ3v) is 4.10. The summed E-state index contributed by atoms with van der Waals surface area (Å²) >= 11 is 1.57. The second-order valence-electron chi connectivity index (χ2n) is 6.28. The molecule has 1 N–H and O–H groups in total. The first-order valence-electron chi connectivity index (χ1n) is 9.41. The lowest BCUT2D eigenvalue weighted by atomic mass is 10.1. The summed E-state index contributed by atoms with van der Waals surface area (Å²) in [4.78, 5) is 11.3. The molecule has 0 aliphatic carbocycles. The van der Waals surface area contributed by atoms with E-state index in [2.05, 4.69) is 4.72 Å². The van der Waals surface area contributed by atoms with Crippen LogP contribution in [0, 0.1) is 5.92 Å². The van der Waals surface area contributed by atoms with Crippen LogP contribution >= 0.6 is 11.9 Å². The van der Waals surface area contributed by atoms with Gasteiger partial charge in [0.15, 0.2) is 5.78 Å². The molecule has 0 fully saturated rings. The highest BCUT2D eigenvalue weighted by Gasteiger charge is 2.06. The van der Waals surface area contributed by atoms with E-state index in [0.717, 1.165) is 24.3 Å². The summed E-state index contributed by atoms with van der Waals surface area (Å²) in [5, 5.41) is 0. The molecule has 0 unspecified atom stereocenters. The Morgan fingerprint density at radius 1 is 0.926 bits per heavy atom. The van der Waals surface area contributed by atoms with Gasteiger partial charge in [0.1, 0.15) is 12.4 Å². The molecule has 0 heterocycles. The number of anilines is 1. The minimum atomic E-state index is 0.0209. The lowest BCUT2D eigenvalue weighted by molar-refractivity contribution is -0.127. The fourth-order valence-electron chi connectivity index (χ4n) is 2.01. The predicted molar refractivity (Wildman–Crippen MR) is 111 cm³/mol. The topological polar surface area (TPSA) is 66.0 Å². The molecule has 154 valence electrons. The Hall–Kier alpha value is -1.28. The molecule has 0 spiro atoms. The minimum Gasteiger partial charge on any atom is -0.494 e. The largest absolute Gasteiger partial charge is 0.494 e. The molecule has 1 aromatic rings. The second kappa shape index (κ2) is 15.7. The summed E-state index contributed by atoms with van der Waals surface area (Å²) in [6, 6.07) is 7.94. The Morgan fingerprint density at radius 3 is 2.15 bits per heavy atom. The first-order chi connectivity index (χ1) is 13.1. The van der Waals surface area contributed by atoms with Crippen LogP contribution in [-0.4, -0.2) is 58.3 Å². The van der Waals surface area contributed by atoms with Crippen molar-refractivity contribution in [1.82, 2.24) is 0 Å². The van der Waals surface area contributed by atoms with Crippen molar-refractivity contribution in [3.8, 4) is 5.75 Å². The quantitative estimate of drug-likeness (QED) is 0.316.